The number of nitrogens with zero attached hydrogens (tertiary/aromatic N) is 6. The van der Waals surface area contributed by atoms with Gasteiger partial charge in [-0.15, -0.1) is 0 Å². The molecular weight excluding hydrogens is 350 g/mol. The molecule has 0 bridgehead atoms. The fourth-order valence-electron chi connectivity index (χ4n) is 2.73. The first kappa shape index (κ1) is 19.0. The van der Waals surface area contributed by atoms with Gasteiger partial charge >= 0.3 is 0 Å². The van der Waals surface area contributed by atoms with Gasteiger partial charge in [0.2, 0.25) is 17.8 Å². The molecule has 10 nitrogen and oxygen atoms in total. The zero-order valence-electron chi connectivity index (χ0n) is 16.2. The average molecular weight is 375 g/mol. The van der Waals surface area contributed by atoms with Crippen molar-refractivity contribution in [2.24, 2.45) is 0 Å². The number of carbonyl (C=O) groups excluding carboxylic acids is 1. The Morgan fingerprint density at radius 2 is 1.93 bits per heavy atom. The van der Waals surface area contributed by atoms with Crippen LogP contribution in [-0.2, 0) is 22.5 Å². The lowest BCUT2D eigenvalue weighted by atomic mass is 10.1. The van der Waals surface area contributed by atoms with Gasteiger partial charge in [-0.05, 0) is 13.8 Å². The molecule has 146 valence electrons. The molecule has 1 amide bonds. The highest BCUT2D eigenvalue weighted by Gasteiger charge is 2.18. The Kier molecular flexibility index (Phi) is 5.84. The van der Waals surface area contributed by atoms with E-state index in [0.717, 1.165) is 24.3 Å². The Morgan fingerprint density at radius 1 is 1.19 bits per heavy atom. The van der Waals surface area contributed by atoms with E-state index in [9.17, 15) is 4.79 Å². The topological polar surface area (TPSA) is 110 Å². The number of amides is 1. The van der Waals surface area contributed by atoms with Crippen LogP contribution in [0, 0.1) is 13.8 Å². The van der Waals surface area contributed by atoms with E-state index in [4.69, 9.17) is 9.26 Å². The molecular formula is C17H25N7O3. The number of nitrogens with one attached hydrogen (secondary N) is 1. The fourth-order valence-corrected chi connectivity index (χ4v) is 2.73. The van der Waals surface area contributed by atoms with E-state index in [-0.39, 0.29) is 18.9 Å². The summed E-state index contributed by atoms with van der Waals surface area (Å²) in [6, 6.07) is 0. The zero-order chi connectivity index (χ0) is 19.4. The maximum absolute atomic E-state index is 12.3. The first-order valence-corrected chi connectivity index (χ1v) is 8.87. The van der Waals surface area contributed by atoms with Gasteiger partial charge in [0, 0.05) is 32.7 Å². The van der Waals surface area contributed by atoms with Crippen LogP contribution in [0.3, 0.4) is 0 Å². The maximum Gasteiger partial charge on any atom is 0.230 e. The number of carbonyl (C=O) groups is 1. The summed E-state index contributed by atoms with van der Waals surface area (Å²) < 4.78 is 10.5. The second kappa shape index (κ2) is 8.30. The van der Waals surface area contributed by atoms with Crippen molar-refractivity contribution in [2.75, 3.05) is 50.2 Å². The number of hydrogen-bond acceptors (Lipinski definition) is 9. The lowest BCUT2D eigenvalue weighted by Crippen LogP contribution is -2.38. The second-order valence-corrected chi connectivity index (χ2v) is 6.60. The lowest BCUT2D eigenvalue weighted by molar-refractivity contribution is -0.120. The molecule has 0 radical (unpaired) electrons. The van der Waals surface area contributed by atoms with Gasteiger partial charge in [-0.1, -0.05) is 5.16 Å². The average Bonchev–Trinajstić information content (AvgIpc) is 2.99. The molecule has 2 aromatic heterocycles. The Bertz CT molecular complexity index is 780. The number of rotatable bonds is 6. The van der Waals surface area contributed by atoms with E-state index in [1.54, 1.807) is 6.92 Å². The Labute approximate surface area is 157 Å². The first-order valence-electron chi connectivity index (χ1n) is 8.87. The molecule has 1 N–H and O–H groups in total. The van der Waals surface area contributed by atoms with E-state index in [2.05, 4.69) is 30.3 Å². The van der Waals surface area contributed by atoms with Crippen LogP contribution >= 0.6 is 0 Å². The molecule has 0 saturated carbocycles. The van der Waals surface area contributed by atoms with E-state index < -0.39 is 0 Å². The third-order valence-corrected chi connectivity index (χ3v) is 4.31. The summed E-state index contributed by atoms with van der Waals surface area (Å²) in [6.07, 6.45) is 0.211. The standard InChI is InChI=1S/C17H25N7O3/c1-11-13(12(2)27-22-11)9-15(25)18-10-14-19-16(23(3)4)21-17(20-14)24-5-7-26-8-6-24/h5-10H2,1-4H3,(H,18,25). The van der Waals surface area contributed by atoms with E-state index in [1.807, 2.05) is 25.9 Å². The maximum atomic E-state index is 12.3. The van der Waals surface area contributed by atoms with Crippen LogP contribution in [0.15, 0.2) is 4.52 Å². The Hall–Kier alpha value is -2.75. The van der Waals surface area contributed by atoms with Gasteiger partial charge < -0.3 is 24.4 Å². The van der Waals surface area contributed by atoms with Crippen LogP contribution in [0.25, 0.3) is 0 Å². The molecule has 3 rings (SSSR count). The van der Waals surface area contributed by atoms with Crippen LogP contribution < -0.4 is 15.1 Å². The highest BCUT2D eigenvalue weighted by Crippen LogP contribution is 2.15. The van der Waals surface area contributed by atoms with Crippen molar-refractivity contribution in [2.45, 2.75) is 26.8 Å². The number of morpholine rings is 1. The van der Waals surface area contributed by atoms with Gasteiger partial charge in [0.15, 0.2) is 5.82 Å². The normalized spacial score (nSPS) is 14.3. The Balaban J connectivity index is 1.69. The Morgan fingerprint density at radius 3 is 2.56 bits per heavy atom. The van der Waals surface area contributed by atoms with Gasteiger partial charge in [0.25, 0.3) is 0 Å². The minimum atomic E-state index is -0.135. The molecule has 2 aromatic rings. The van der Waals surface area contributed by atoms with Crippen LogP contribution in [0.2, 0.25) is 0 Å². The number of ether oxygens (including phenoxy) is 1. The third kappa shape index (κ3) is 4.70. The van der Waals surface area contributed by atoms with E-state index in [1.165, 1.54) is 0 Å². The molecule has 0 atom stereocenters. The van der Waals surface area contributed by atoms with Gasteiger partial charge in [-0.2, -0.15) is 15.0 Å². The summed E-state index contributed by atoms with van der Waals surface area (Å²) in [7, 11) is 3.75. The highest BCUT2D eigenvalue weighted by atomic mass is 16.5. The summed E-state index contributed by atoms with van der Waals surface area (Å²) in [5, 5.41) is 6.74. The summed E-state index contributed by atoms with van der Waals surface area (Å²) in [6.45, 7) is 6.60. The quantitative estimate of drug-likeness (QED) is 0.759. The number of aromatic nitrogens is 4. The molecule has 0 spiro atoms. The summed E-state index contributed by atoms with van der Waals surface area (Å²) in [4.78, 5) is 29.6. The summed E-state index contributed by atoms with van der Waals surface area (Å²) >= 11 is 0. The monoisotopic (exact) mass is 375 g/mol. The van der Waals surface area contributed by atoms with Gasteiger partial charge in [-0.25, -0.2) is 0 Å². The van der Waals surface area contributed by atoms with Crippen molar-refractivity contribution in [1.29, 1.82) is 0 Å². The van der Waals surface area contributed by atoms with Crippen molar-refractivity contribution in [3.8, 4) is 0 Å². The van der Waals surface area contributed by atoms with Crippen molar-refractivity contribution in [3.63, 3.8) is 0 Å². The van der Waals surface area contributed by atoms with Crippen LogP contribution in [0.4, 0.5) is 11.9 Å². The van der Waals surface area contributed by atoms with Gasteiger partial charge in [0.1, 0.15) is 5.76 Å². The van der Waals surface area contributed by atoms with Gasteiger partial charge in [0.05, 0.1) is 31.9 Å². The molecule has 0 aromatic carbocycles. The molecule has 0 aliphatic carbocycles. The minimum Gasteiger partial charge on any atom is -0.378 e. The predicted octanol–water partition coefficient (Wildman–Crippen LogP) is 0.238. The first-order chi connectivity index (χ1) is 12.9. The van der Waals surface area contributed by atoms with Gasteiger partial charge in [-0.3, -0.25) is 4.79 Å². The summed E-state index contributed by atoms with van der Waals surface area (Å²) in [5.41, 5.74) is 1.54. The van der Waals surface area contributed by atoms with Crippen LogP contribution in [-0.4, -0.2) is 66.4 Å². The number of hydrogen-bond donors (Lipinski definition) is 1. The van der Waals surface area contributed by atoms with E-state index >= 15 is 0 Å². The molecule has 27 heavy (non-hydrogen) atoms. The third-order valence-electron chi connectivity index (χ3n) is 4.31. The minimum absolute atomic E-state index is 0.135. The van der Waals surface area contributed by atoms with Crippen molar-refractivity contribution in [1.82, 2.24) is 25.4 Å². The molecule has 1 fully saturated rings. The van der Waals surface area contributed by atoms with Crippen LogP contribution in [0.5, 0.6) is 0 Å². The van der Waals surface area contributed by atoms with Crippen molar-refractivity contribution < 1.29 is 14.1 Å². The SMILES string of the molecule is Cc1noc(C)c1CC(=O)NCc1nc(N(C)C)nc(N2CCOCC2)n1. The molecule has 10 heteroatoms. The molecule has 0 unspecified atom stereocenters. The largest absolute Gasteiger partial charge is 0.378 e. The molecule has 1 aliphatic rings. The van der Waals surface area contributed by atoms with Crippen molar-refractivity contribution in [3.05, 3.63) is 22.8 Å². The van der Waals surface area contributed by atoms with E-state index in [0.29, 0.717) is 36.7 Å². The second-order valence-electron chi connectivity index (χ2n) is 6.60. The number of aryl methyl sites for hydroxylation is 2. The molecule has 1 aliphatic heterocycles. The summed E-state index contributed by atoms with van der Waals surface area (Å²) in [5.74, 6) is 2.20. The number of anilines is 2. The lowest BCUT2D eigenvalue weighted by Gasteiger charge is -2.27. The smallest absolute Gasteiger partial charge is 0.230 e. The zero-order valence-corrected chi connectivity index (χ0v) is 16.2. The molecule has 1 saturated heterocycles. The molecule has 3 heterocycles. The fraction of sp³-hybridized carbons (Fsp3) is 0.588. The van der Waals surface area contributed by atoms with Crippen LogP contribution in [0.1, 0.15) is 22.8 Å². The van der Waals surface area contributed by atoms with Crippen molar-refractivity contribution >= 4 is 17.8 Å². The predicted molar refractivity (Wildman–Crippen MR) is 98.7 cm³/mol. The highest BCUT2D eigenvalue weighted by molar-refractivity contribution is 5.78.